The molecule has 4 aromatic rings. The predicted molar refractivity (Wildman–Crippen MR) is 122 cm³/mol. The zero-order valence-corrected chi connectivity index (χ0v) is 18.2. The molecule has 2 aromatic heterocycles. The summed E-state index contributed by atoms with van der Waals surface area (Å²) in [5.41, 5.74) is 0.781. The third-order valence-electron chi connectivity index (χ3n) is 5.47. The van der Waals surface area contributed by atoms with Gasteiger partial charge in [-0.3, -0.25) is 13.9 Å². The molecule has 0 N–H and O–H groups in total. The van der Waals surface area contributed by atoms with Crippen LogP contribution in [-0.2, 0) is 20.1 Å². The van der Waals surface area contributed by atoms with Crippen LogP contribution in [0.5, 0.6) is 5.75 Å². The van der Waals surface area contributed by atoms with Crippen molar-refractivity contribution in [2.45, 2.75) is 19.5 Å². The molecule has 0 saturated heterocycles. The standard InChI is InChI=1S/C23H22FN5O4/c1-27-21-19(22(30)28(23(27)31)13-5-12-25-32)29(14-15-8-10-16(24)11-9-15)20(26-21)17-6-3-4-7-18(17)33-2/h3-4,6-11H,5,12-14H2,1-2H3. The van der Waals surface area contributed by atoms with E-state index in [0.29, 0.717) is 17.1 Å². The van der Waals surface area contributed by atoms with Gasteiger partial charge in [0.15, 0.2) is 11.2 Å². The van der Waals surface area contributed by atoms with Crippen molar-refractivity contribution < 1.29 is 9.13 Å². The number of benzene rings is 2. The molecule has 0 aliphatic carbocycles. The van der Waals surface area contributed by atoms with Crippen molar-refractivity contribution in [3.8, 4) is 17.1 Å². The minimum absolute atomic E-state index is 0.00502. The number of halogens is 1. The number of ether oxygens (including phenoxy) is 1. The minimum Gasteiger partial charge on any atom is -0.496 e. The van der Waals surface area contributed by atoms with E-state index in [1.54, 1.807) is 29.8 Å². The molecule has 0 fully saturated rings. The Hall–Kier alpha value is -4.08. The van der Waals surface area contributed by atoms with Crippen LogP contribution in [0.15, 0.2) is 63.3 Å². The normalized spacial score (nSPS) is 11.1. The SMILES string of the molecule is COc1ccccc1-c1nc2c(c(=O)n(CCCN=O)c(=O)n2C)n1Cc1ccc(F)cc1. The third kappa shape index (κ3) is 4.07. The zero-order valence-electron chi connectivity index (χ0n) is 18.2. The zero-order chi connectivity index (χ0) is 23.5. The van der Waals surface area contributed by atoms with Crippen molar-refractivity contribution in [2.24, 2.45) is 12.2 Å². The highest BCUT2D eigenvalue weighted by Crippen LogP contribution is 2.31. The fourth-order valence-electron chi connectivity index (χ4n) is 3.82. The molecule has 9 nitrogen and oxygen atoms in total. The molecule has 10 heteroatoms. The second-order valence-corrected chi connectivity index (χ2v) is 7.53. The molecule has 2 heterocycles. The molecule has 170 valence electrons. The molecule has 0 radical (unpaired) electrons. The number of hydrogen-bond acceptors (Lipinski definition) is 6. The van der Waals surface area contributed by atoms with E-state index in [-0.39, 0.29) is 43.0 Å². The van der Waals surface area contributed by atoms with Gasteiger partial charge in [0.05, 0.1) is 19.2 Å². The lowest BCUT2D eigenvalue weighted by Crippen LogP contribution is -2.39. The highest BCUT2D eigenvalue weighted by atomic mass is 19.1. The van der Waals surface area contributed by atoms with Gasteiger partial charge in [-0.2, -0.15) is 4.91 Å². The van der Waals surface area contributed by atoms with Crippen LogP contribution < -0.4 is 16.0 Å². The van der Waals surface area contributed by atoms with Crippen LogP contribution in [0.2, 0.25) is 0 Å². The fraction of sp³-hybridized carbons (Fsp3) is 0.261. The first kappa shape index (κ1) is 22.1. The van der Waals surface area contributed by atoms with Gasteiger partial charge in [0.1, 0.15) is 17.4 Å². The van der Waals surface area contributed by atoms with E-state index < -0.39 is 11.2 Å². The van der Waals surface area contributed by atoms with Crippen LogP contribution in [-0.4, -0.2) is 32.3 Å². The third-order valence-corrected chi connectivity index (χ3v) is 5.47. The van der Waals surface area contributed by atoms with Gasteiger partial charge in [-0.25, -0.2) is 14.2 Å². The summed E-state index contributed by atoms with van der Waals surface area (Å²) in [6.07, 6.45) is 0.260. The van der Waals surface area contributed by atoms with Crippen LogP contribution in [0.4, 0.5) is 4.39 Å². The lowest BCUT2D eigenvalue weighted by atomic mass is 10.1. The summed E-state index contributed by atoms with van der Waals surface area (Å²) >= 11 is 0. The molecule has 33 heavy (non-hydrogen) atoms. The van der Waals surface area contributed by atoms with Crippen molar-refractivity contribution in [3.05, 3.63) is 85.7 Å². The van der Waals surface area contributed by atoms with Gasteiger partial charge in [0.25, 0.3) is 5.56 Å². The molecular formula is C23H22FN5O4. The van der Waals surface area contributed by atoms with E-state index in [2.05, 4.69) is 10.2 Å². The number of nitrogens with zero attached hydrogens (tertiary/aromatic N) is 5. The molecule has 0 saturated carbocycles. The van der Waals surface area contributed by atoms with Crippen molar-refractivity contribution in [2.75, 3.05) is 13.7 Å². The van der Waals surface area contributed by atoms with Crippen molar-refractivity contribution in [1.82, 2.24) is 18.7 Å². The Morgan fingerprint density at radius 1 is 1.06 bits per heavy atom. The lowest BCUT2D eigenvalue weighted by molar-refractivity contribution is 0.416. The Morgan fingerprint density at radius 3 is 2.48 bits per heavy atom. The van der Waals surface area contributed by atoms with E-state index >= 15 is 0 Å². The first-order chi connectivity index (χ1) is 16.0. The first-order valence-corrected chi connectivity index (χ1v) is 10.3. The van der Waals surface area contributed by atoms with Gasteiger partial charge in [0, 0.05) is 20.1 Å². The average Bonchev–Trinajstić information content (AvgIpc) is 3.20. The molecule has 0 aliphatic rings. The lowest BCUT2D eigenvalue weighted by Gasteiger charge is -2.13. The topological polar surface area (TPSA) is 100 Å². The van der Waals surface area contributed by atoms with Crippen LogP contribution in [0.25, 0.3) is 22.6 Å². The number of methoxy groups -OCH3 is 1. The molecule has 0 atom stereocenters. The van der Waals surface area contributed by atoms with Crippen molar-refractivity contribution >= 4 is 11.2 Å². The number of fused-ring (bicyclic) bond motifs is 1. The van der Waals surface area contributed by atoms with Gasteiger partial charge in [-0.15, -0.1) is 0 Å². The number of nitroso groups, excluding NO2 is 1. The molecule has 0 unspecified atom stereocenters. The highest BCUT2D eigenvalue weighted by molar-refractivity contribution is 5.79. The number of aromatic nitrogens is 4. The number of aryl methyl sites for hydroxylation is 1. The molecule has 0 aliphatic heterocycles. The number of hydrogen-bond donors (Lipinski definition) is 0. The summed E-state index contributed by atoms with van der Waals surface area (Å²) in [6, 6.07) is 13.2. The van der Waals surface area contributed by atoms with Gasteiger partial charge < -0.3 is 9.30 Å². The smallest absolute Gasteiger partial charge is 0.332 e. The summed E-state index contributed by atoms with van der Waals surface area (Å²) in [5, 5.41) is 2.80. The summed E-state index contributed by atoms with van der Waals surface area (Å²) in [7, 11) is 3.08. The maximum Gasteiger partial charge on any atom is 0.332 e. The summed E-state index contributed by atoms with van der Waals surface area (Å²) in [4.78, 5) is 41.5. The minimum atomic E-state index is -0.531. The molecule has 0 bridgehead atoms. The van der Waals surface area contributed by atoms with E-state index in [1.165, 1.54) is 23.8 Å². The largest absolute Gasteiger partial charge is 0.496 e. The quantitative estimate of drug-likeness (QED) is 0.303. The summed E-state index contributed by atoms with van der Waals surface area (Å²) < 4.78 is 23.1. The van der Waals surface area contributed by atoms with Crippen LogP contribution in [0.1, 0.15) is 12.0 Å². The average molecular weight is 451 g/mol. The van der Waals surface area contributed by atoms with E-state index in [1.807, 2.05) is 18.2 Å². The van der Waals surface area contributed by atoms with Crippen molar-refractivity contribution in [3.63, 3.8) is 0 Å². The van der Waals surface area contributed by atoms with Crippen molar-refractivity contribution in [1.29, 1.82) is 0 Å². The molecular weight excluding hydrogens is 429 g/mol. The first-order valence-electron chi connectivity index (χ1n) is 10.3. The van der Waals surface area contributed by atoms with E-state index in [4.69, 9.17) is 4.74 Å². The van der Waals surface area contributed by atoms with E-state index in [9.17, 15) is 18.9 Å². The Labute approximate surface area is 187 Å². The Balaban J connectivity index is 2.02. The summed E-state index contributed by atoms with van der Waals surface area (Å²) in [5.74, 6) is 0.620. The maximum absolute atomic E-state index is 13.5. The van der Waals surface area contributed by atoms with Crippen LogP contribution >= 0.6 is 0 Å². The summed E-state index contributed by atoms with van der Waals surface area (Å²) in [6.45, 7) is 0.265. The number of rotatable bonds is 8. The Morgan fingerprint density at radius 2 is 1.79 bits per heavy atom. The number of imidazole rings is 1. The Bertz CT molecular complexity index is 1440. The Kier molecular flexibility index (Phi) is 6.16. The van der Waals surface area contributed by atoms with Gasteiger partial charge in [-0.05, 0) is 36.2 Å². The molecule has 2 aromatic carbocycles. The van der Waals surface area contributed by atoms with Gasteiger partial charge >= 0.3 is 5.69 Å². The van der Waals surface area contributed by atoms with Crippen LogP contribution in [0, 0.1) is 10.7 Å². The van der Waals surface area contributed by atoms with Gasteiger partial charge in [-0.1, -0.05) is 29.4 Å². The molecule has 4 rings (SSSR count). The maximum atomic E-state index is 13.5. The molecule has 0 spiro atoms. The predicted octanol–water partition coefficient (Wildman–Crippen LogP) is 2.92. The molecule has 0 amide bonds. The second-order valence-electron chi connectivity index (χ2n) is 7.53. The second kappa shape index (κ2) is 9.19. The van der Waals surface area contributed by atoms with Gasteiger partial charge in [0.2, 0.25) is 0 Å². The van der Waals surface area contributed by atoms with Crippen LogP contribution in [0.3, 0.4) is 0 Å². The fourth-order valence-corrected chi connectivity index (χ4v) is 3.82. The van der Waals surface area contributed by atoms with E-state index in [0.717, 1.165) is 10.1 Å². The highest BCUT2D eigenvalue weighted by Gasteiger charge is 2.23. The number of para-hydroxylation sites is 1. The monoisotopic (exact) mass is 451 g/mol.